The third-order valence-corrected chi connectivity index (χ3v) is 18.4. The Morgan fingerprint density at radius 2 is 0.687 bits per heavy atom. The van der Waals surface area contributed by atoms with Crippen LogP contribution >= 0.6 is 7.82 Å². The molecule has 0 rings (SSSR count). The predicted molar refractivity (Wildman–Crippen MR) is 365 cm³/mol. The molecular weight excluding hydrogens is 1040 g/mol. The smallest absolute Gasteiger partial charge is 0.391 e. The van der Waals surface area contributed by atoms with Crippen molar-refractivity contribution in [1.29, 1.82) is 0 Å². The summed E-state index contributed by atoms with van der Waals surface area (Å²) in [5.74, 6) is -0.136. The molecule has 83 heavy (non-hydrogen) atoms. The number of aliphatic hydroxyl groups is 1. The van der Waals surface area contributed by atoms with Crippen molar-refractivity contribution in [3.63, 3.8) is 0 Å². The van der Waals surface area contributed by atoms with Gasteiger partial charge in [-0.05, 0) is 44.9 Å². The highest BCUT2D eigenvalue weighted by atomic mass is 31.2. The molecule has 3 unspecified atom stereocenters. The van der Waals surface area contributed by atoms with Gasteiger partial charge in [-0.15, -0.1) is 0 Å². The molecule has 0 aromatic heterocycles. The molecule has 0 spiro atoms. The zero-order valence-corrected chi connectivity index (χ0v) is 57.6. The zero-order chi connectivity index (χ0) is 60.5. The fourth-order valence-electron chi connectivity index (χ4n) is 11.7. The van der Waals surface area contributed by atoms with E-state index in [1.165, 1.54) is 321 Å². The lowest BCUT2D eigenvalue weighted by Gasteiger charge is -2.26. The monoisotopic (exact) mass is 1190 g/mol. The summed E-state index contributed by atoms with van der Waals surface area (Å²) < 4.78 is 23.9. The van der Waals surface area contributed by atoms with Crippen molar-refractivity contribution >= 4 is 13.7 Å². The number of hydrogen-bond donors (Lipinski definition) is 3. The van der Waals surface area contributed by atoms with Gasteiger partial charge in [0.1, 0.15) is 13.2 Å². The minimum Gasteiger partial charge on any atom is -0.391 e. The summed E-state index contributed by atoms with van der Waals surface area (Å²) in [6.45, 7) is 4.96. The van der Waals surface area contributed by atoms with Crippen LogP contribution in [0.2, 0.25) is 0 Å². The fourth-order valence-corrected chi connectivity index (χ4v) is 12.4. The molecule has 0 bridgehead atoms. The molecule has 9 heteroatoms. The molecule has 8 nitrogen and oxygen atoms in total. The van der Waals surface area contributed by atoms with Gasteiger partial charge in [0.25, 0.3) is 0 Å². The van der Waals surface area contributed by atoms with Gasteiger partial charge in [0.15, 0.2) is 0 Å². The van der Waals surface area contributed by atoms with Gasteiger partial charge in [0.05, 0.1) is 39.9 Å². The number of phosphoric acid groups is 1. The molecule has 494 valence electrons. The summed E-state index contributed by atoms with van der Waals surface area (Å²) in [7, 11) is 1.64. The second kappa shape index (κ2) is 65.4. The number of quaternary nitrogens is 1. The number of carbonyl (C=O) groups excluding carboxylic acids is 1. The molecule has 0 saturated heterocycles. The van der Waals surface area contributed by atoms with E-state index in [4.69, 9.17) is 9.05 Å². The van der Waals surface area contributed by atoms with Gasteiger partial charge in [-0.2, -0.15) is 0 Å². The summed E-state index contributed by atoms with van der Waals surface area (Å²) in [5.41, 5.74) is 0. The summed E-state index contributed by atoms with van der Waals surface area (Å²) in [5, 5.41) is 14.2. The Kier molecular flexibility index (Phi) is 64.6. The van der Waals surface area contributed by atoms with Crippen LogP contribution in [-0.2, 0) is 18.4 Å². The lowest BCUT2D eigenvalue weighted by molar-refractivity contribution is -0.870. The number of hydrogen-bond acceptors (Lipinski definition) is 5. The summed E-state index contributed by atoms with van der Waals surface area (Å²) >= 11 is 0. The maximum atomic E-state index is 13.1. The maximum Gasteiger partial charge on any atom is 0.472 e. The second-order valence-corrected chi connectivity index (χ2v) is 28.5. The number of nitrogens with zero attached hydrogens (tertiary/aromatic N) is 1. The van der Waals surface area contributed by atoms with Crippen molar-refractivity contribution in [3.05, 3.63) is 24.3 Å². The van der Waals surface area contributed by atoms with E-state index in [1.807, 2.05) is 21.1 Å². The van der Waals surface area contributed by atoms with E-state index in [0.717, 1.165) is 44.9 Å². The number of carbonyl (C=O) groups is 1. The number of allylic oxidation sites excluding steroid dienone is 4. The summed E-state index contributed by atoms with van der Waals surface area (Å²) in [6.07, 6.45) is 85.9. The SMILES string of the molecule is CCCCCCCCCCCCCCCCC/C=C\C/C=C\CCCCCCCCCCCCCCCCCCCC(=O)NC(COP(=O)(O)OCC[N+](C)(C)C)C(O)CCCCCCCCCCCCCCCCCCCCCCCC. The lowest BCUT2D eigenvalue weighted by Crippen LogP contribution is -2.46. The van der Waals surface area contributed by atoms with Crippen LogP contribution in [0.15, 0.2) is 24.3 Å². The molecule has 0 radical (unpaired) electrons. The summed E-state index contributed by atoms with van der Waals surface area (Å²) in [6, 6.07) is -0.760. The van der Waals surface area contributed by atoms with Crippen molar-refractivity contribution in [1.82, 2.24) is 5.32 Å². The van der Waals surface area contributed by atoms with Crippen LogP contribution in [-0.4, -0.2) is 73.4 Å². The number of nitrogens with one attached hydrogen (secondary N) is 1. The molecule has 0 aliphatic heterocycles. The van der Waals surface area contributed by atoms with Crippen LogP contribution in [0.3, 0.4) is 0 Å². The Morgan fingerprint density at radius 3 is 0.988 bits per heavy atom. The first-order valence-electron chi connectivity index (χ1n) is 37.2. The Balaban J connectivity index is 3.92. The van der Waals surface area contributed by atoms with Crippen LogP contribution in [0.1, 0.15) is 393 Å². The quantitative estimate of drug-likeness (QED) is 0.0243. The molecule has 0 aliphatic carbocycles. The highest BCUT2D eigenvalue weighted by Crippen LogP contribution is 2.43. The van der Waals surface area contributed by atoms with Crippen LogP contribution in [0.4, 0.5) is 0 Å². The van der Waals surface area contributed by atoms with E-state index < -0.39 is 20.0 Å². The lowest BCUT2D eigenvalue weighted by atomic mass is 10.0. The number of phosphoric ester groups is 1. The average Bonchev–Trinajstić information content (AvgIpc) is 3.50. The van der Waals surface area contributed by atoms with Crippen LogP contribution in [0, 0.1) is 0 Å². The molecule has 0 saturated carbocycles. The number of amides is 1. The van der Waals surface area contributed by atoms with Gasteiger partial charge < -0.3 is 19.8 Å². The molecule has 0 aromatic carbocycles. The fraction of sp³-hybridized carbons (Fsp3) is 0.932. The zero-order valence-electron chi connectivity index (χ0n) is 56.7. The van der Waals surface area contributed by atoms with Gasteiger partial charge in [-0.25, -0.2) is 4.57 Å². The molecule has 0 aromatic rings. The largest absolute Gasteiger partial charge is 0.472 e. The first-order chi connectivity index (χ1) is 40.5. The van der Waals surface area contributed by atoms with Crippen molar-refractivity contribution in [2.75, 3.05) is 40.9 Å². The van der Waals surface area contributed by atoms with Gasteiger partial charge in [0.2, 0.25) is 5.91 Å². The normalized spacial score (nSPS) is 13.7. The van der Waals surface area contributed by atoms with Gasteiger partial charge >= 0.3 is 7.82 Å². The Morgan fingerprint density at radius 1 is 0.410 bits per heavy atom. The van der Waals surface area contributed by atoms with E-state index in [1.54, 1.807) is 0 Å². The molecule has 3 atom stereocenters. The number of rotatable bonds is 70. The van der Waals surface area contributed by atoms with Crippen molar-refractivity contribution in [3.8, 4) is 0 Å². The van der Waals surface area contributed by atoms with Crippen LogP contribution in [0.5, 0.6) is 0 Å². The Bertz CT molecular complexity index is 1400. The molecule has 0 fully saturated rings. The van der Waals surface area contributed by atoms with E-state index >= 15 is 0 Å². The van der Waals surface area contributed by atoms with Crippen molar-refractivity contribution in [2.45, 2.75) is 405 Å². The molecule has 1 amide bonds. The number of unbranched alkanes of at least 4 members (excludes halogenated alkanes) is 53. The minimum absolute atomic E-state index is 0.0772. The molecule has 0 heterocycles. The first kappa shape index (κ1) is 82.0. The maximum absolute atomic E-state index is 13.1. The van der Waals surface area contributed by atoms with E-state index in [2.05, 4.69) is 43.5 Å². The van der Waals surface area contributed by atoms with Crippen molar-refractivity contribution in [2.24, 2.45) is 0 Å². The van der Waals surface area contributed by atoms with Gasteiger partial charge in [0, 0.05) is 6.42 Å². The molecule has 0 aliphatic rings. The Labute approximate surface area is 519 Å². The van der Waals surface area contributed by atoms with Crippen molar-refractivity contribution < 1.29 is 32.9 Å². The van der Waals surface area contributed by atoms with Crippen LogP contribution < -0.4 is 5.32 Å². The topological polar surface area (TPSA) is 105 Å². The first-order valence-corrected chi connectivity index (χ1v) is 38.7. The van der Waals surface area contributed by atoms with E-state index in [-0.39, 0.29) is 19.1 Å². The highest BCUT2D eigenvalue weighted by molar-refractivity contribution is 7.47. The second-order valence-electron chi connectivity index (χ2n) is 27.0. The highest BCUT2D eigenvalue weighted by Gasteiger charge is 2.28. The predicted octanol–water partition coefficient (Wildman–Crippen LogP) is 23.8. The number of aliphatic hydroxyl groups excluding tert-OH is 1. The van der Waals surface area contributed by atoms with Gasteiger partial charge in [-0.1, -0.05) is 366 Å². The Hall–Kier alpha value is -1.02. The number of likely N-dealkylation sites (N-methyl/N-ethyl adjacent to an activating group) is 1. The van der Waals surface area contributed by atoms with E-state index in [9.17, 15) is 19.4 Å². The molecular formula is C74H148N2O6P+. The standard InChI is InChI=1S/C74H147N2O6P/c1-6-8-10-12-14-16-18-20-22-24-26-28-30-31-32-33-34-35-36-37-38-39-40-41-42-43-44-45-46-48-50-52-54-56-58-60-62-64-66-68-74(78)75-72(71-82-83(79,80)81-70-69-76(3,4)5)73(77)67-65-63-61-59-57-55-53-51-49-47-29-27-25-23-21-19-17-15-13-11-9-7-2/h34-35,37-38,72-73,77H,6-33,36,39-71H2,1-5H3,(H-,75,78,79,80)/p+1/b35-34-,38-37-. The third kappa shape index (κ3) is 68.3. The van der Waals surface area contributed by atoms with E-state index in [0.29, 0.717) is 23.9 Å². The summed E-state index contributed by atoms with van der Waals surface area (Å²) in [4.78, 5) is 23.5. The average molecular weight is 1190 g/mol. The van der Waals surface area contributed by atoms with Gasteiger partial charge in [-0.3, -0.25) is 13.8 Å². The minimum atomic E-state index is -4.33. The molecule has 3 N–H and O–H groups in total. The third-order valence-electron chi connectivity index (χ3n) is 17.5. The van der Waals surface area contributed by atoms with Crippen LogP contribution in [0.25, 0.3) is 0 Å².